The zero-order valence-corrected chi connectivity index (χ0v) is 15.4. The first-order valence-electron chi connectivity index (χ1n) is 9.19. The molecule has 2 aromatic carbocycles. The number of nitrogens with zero attached hydrogens (tertiary/aromatic N) is 1. The lowest BCUT2D eigenvalue weighted by Crippen LogP contribution is -2.43. The van der Waals surface area contributed by atoms with Crippen LogP contribution in [-0.4, -0.2) is 41.0 Å². The number of primary amides is 1. The van der Waals surface area contributed by atoms with E-state index in [-0.39, 0.29) is 11.9 Å². The average Bonchev–Trinajstić information content (AvgIpc) is 2.72. The number of urea groups is 1. The fraction of sp³-hybridized carbons (Fsp3) is 0.286. The molecule has 7 heteroatoms. The molecule has 0 atom stereocenters. The van der Waals surface area contributed by atoms with Gasteiger partial charge in [0, 0.05) is 25.2 Å². The number of carboxylic acid groups (broad SMARTS) is 1. The first kappa shape index (κ1) is 19.4. The van der Waals surface area contributed by atoms with Crippen molar-refractivity contribution in [2.45, 2.75) is 25.3 Å². The number of hydrogen-bond donors (Lipinski definition) is 3. The number of carbonyl (C=O) groups is 3. The van der Waals surface area contributed by atoms with E-state index in [9.17, 15) is 19.5 Å². The van der Waals surface area contributed by atoms with Crippen molar-refractivity contribution in [2.24, 2.45) is 5.73 Å². The Labute approximate surface area is 163 Å². The number of amides is 3. The summed E-state index contributed by atoms with van der Waals surface area (Å²) < 4.78 is 0. The molecule has 28 heavy (non-hydrogen) atoms. The van der Waals surface area contributed by atoms with E-state index in [2.05, 4.69) is 5.32 Å². The summed E-state index contributed by atoms with van der Waals surface area (Å²) in [5.41, 5.74) is 7.70. The lowest BCUT2D eigenvalue weighted by atomic mass is 9.86. The van der Waals surface area contributed by atoms with Crippen molar-refractivity contribution < 1.29 is 19.5 Å². The van der Waals surface area contributed by atoms with E-state index < -0.39 is 11.9 Å². The first-order chi connectivity index (χ1) is 13.5. The molecule has 0 bridgehead atoms. The molecule has 1 aliphatic rings. The second-order valence-corrected chi connectivity index (χ2v) is 6.87. The van der Waals surface area contributed by atoms with Crippen LogP contribution in [0.5, 0.6) is 0 Å². The summed E-state index contributed by atoms with van der Waals surface area (Å²) in [6.07, 6.45) is 1.45. The lowest BCUT2D eigenvalue weighted by Gasteiger charge is -2.32. The summed E-state index contributed by atoms with van der Waals surface area (Å²) in [5.74, 6) is -1.27. The monoisotopic (exact) mass is 381 g/mol. The van der Waals surface area contributed by atoms with Gasteiger partial charge in [0.2, 0.25) is 5.91 Å². The van der Waals surface area contributed by atoms with Crippen molar-refractivity contribution in [1.29, 1.82) is 0 Å². The fourth-order valence-electron chi connectivity index (χ4n) is 3.52. The van der Waals surface area contributed by atoms with Gasteiger partial charge in [0.1, 0.15) is 0 Å². The highest BCUT2D eigenvalue weighted by molar-refractivity contribution is 5.92. The maximum atomic E-state index is 12.4. The molecule has 3 rings (SSSR count). The fourth-order valence-corrected chi connectivity index (χ4v) is 3.52. The Kier molecular flexibility index (Phi) is 5.93. The first-order valence-corrected chi connectivity index (χ1v) is 9.19. The van der Waals surface area contributed by atoms with E-state index in [1.54, 1.807) is 41.3 Å². The highest BCUT2D eigenvalue weighted by atomic mass is 16.4. The molecule has 146 valence electrons. The molecular formula is C21H23N3O4. The Balaban J connectivity index is 1.53. The molecular weight excluding hydrogens is 358 g/mol. The van der Waals surface area contributed by atoms with Gasteiger partial charge in [-0.1, -0.05) is 30.3 Å². The van der Waals surface area contributed by atoms with Gasteiger partial charge in [-0.15, -0.1) is 0 Å². The summed E-state index contributed by atoms with van der Waals surface area (Å²) >= 11 is 0. The Morgan fingerprint density at radius 3 is 2.29 bits per heavy atom. The Hall–Kier alpha value is -3.35. The number of carboxylic acids is 1. The van der Waals surface area contributed by atoms with E-state index >= 15 is 0 Å². The van der Waals surface area contributed by atoms with Gasteiger partial charge in [0.15, 0.2) is 0 Å². The Morgan fingerprint density at radius 1 is 1.04 bits per heavy atom. The summed E-state index contributed by atoms with van der Waals surface area (Å²) in [6.45, 7) is 1.51. The van der Waals surface area contributed by atoms with Gasteiger partial charge in [-0.3, -0.25) is 4.79 Å². The SMILES string of the molecule is NC(=O)c1ccc(CNC(=O)N2CCC(c3ccccc3C(=O)O)CC2)cc1. The molecule has 0 aromatic heterocycles. The largest absolute Gasteiger partial charge is 0.478 e. The maximum Gasteiger partial charge on any atom is 0.335 e. The molecule has 0 saturated carbocycles. The molecule has 3 amide bonds. The summed E-state index contributed by atoms with van der Waals surface area (Å²) in [5, 5.41) is 12.2. The van der Waals surface area contributed by atoms with Gasteiger partial charge in [0.25, 0.3) is 0 Å². The van der Waals surface area contributed by atoms with Crippen LogP contribution in [0.3, 0.4) is 0 Å². The lowest BCUT2D eigenvalue weighted by molar-refractivity contribution is 0.0694. The van der Waals surface area contributed by atoms with Crippen LogP contribution in [0.4, 0.5) is 4.79 Å². The van der Waals surface area contributed by atoms with Gasteiger partial charge in [0.05, 0.1) is 5.56 Å². The number of carbonyl (C=O) groups excluding carboxylic acids is 2. The smallest absolute Gasteiger partial charge is 0.335 e. The summed E-state index contributed by atoms with van der Waals surface area (Å²) in [7, 11) is 0. The van der Waals surface area contributed by atoms with Crippen LogP contribution >= 0.6 is 0 Å². The van der Waals surface area contributed by atoms with Crippen molar-refractivity contribution >= 4 is 17.9 Å². The van der Waals surface area contributed by atoms with Crippen molar-refractivity contribution in [2.75, 3.05) is 13.1 Å². The minimum Gasteiger partial charge on any atom is -0.478 e. The molecule has 1 aliphatic heterocycles. The molecule has 0 radical (unpaired) electrons. The third kappa shape index (κ3) is 4.49. The van der Waals surface area contributed by atoms with E-state index in [1.165, 1.54) is 0 Å². The van der Waals surface area contributed by atoms with Crippen LogP contribution in [0.15, 0.2) is 48.5 Å². The minimum absolute atomic E-state index is 0.137. The number of piperidine rings is 1. The third-order valence-electron chi connectivity index (χ3n) is 5.10. The van der Waals surface area contributed by atoms with Gasteiger partial charge >= 0.3 is 12.0 Å². The number of nitrogens with two attached hydrogens (primary N) is 1. The third-order valence-corrected chi connectivity index (χ3v) is 5.10. The molecule has 0 unspecified atom stereocenters. The van der Waals surface area contributed by atoms with Crippen LogP contribution in [0.2, 0.25) is 0 Å². The molecule has 2 aromatic rings. The van der Waals surface area contributed by atoms with Gasteiger partial charge in [-0.05, 0) is 48.1 Å². The van der Waals surface area contributed by atoms with E-state index in [0.717, 1.165) is 24.0 Å². The second kappa shape index (κ2) is 8.56. The predicted octanol–water partition coefficient (Wildman–Crippen LogP) is 2.57. The van der Waals surface area contributed by atoms with Crippen LogP contribution in [0.25, 0.3) is 0 Å². The Bertz CT molecular complexity index is 871. The molecule has 1 fully saturated rings. The molecule has 0 aliphatic carbocycles. The van der Waals surface area contributed by atoms with E-state index in [4.69, 9.17) is 5.73 Å². The molecule has 1 heterocycles. The summed E-state index contributed by atoms with van der Waals surface area (Å²) in [6, 6.07) is 13.7. The van der Waals surface area contributed by atoms with Crippen LogP contribution in [0, 0.1) is 0 Å². The molecule has 7 nitrogen and oxygen atoms in total. The summed E-state index contributed by atoms with van der Waals surface area (Å²) in [4.78, 5) is 36.7. The second-order valence-electron chi connectivity index (χ2n) is 6.87. The Morgan fingerprint density at radius 2 is 1.68 bits per heavy atom. The zero-order valence-electron chi connectivity index (χ0n) is 15.4. The number of rotatable bonds is 5. The highest BCUT2D eigenvalue weighted by Crippen LogP contribution is 2.30. The minimum atomic E-state index is -0.918. The van der Waals surface area contributed by atoms with Crippen molar-refractivity contribution in [1.82, 2.24) is 10.2 Å². The average molecular weight is 381 g/mol. The maximum absolute atomic E-state index is 12.4. The number of likely N-dealkylation sites (tertiary alicyclic amines) is 1. The number of hydrogen-bond acceptors (Lipinski definition) is 3. The topological polar surface area (TPSA) is 113 Å². The van der Waals surface area contributed by atoms with Crippen molar-refractivity contribution in [3.8, 4) is 0 Å². The van der Waals surface area contributed by atoms with E-state index in [1.807, 2.05) is 12.1 Å². The standard InChI is InChI=1S/C21H23N3O4/c22-19(25)16-7-5-14(6-8-16)13-23-21(28)24-11-9-15(10-12-24)17-3-1-2-4-18(17)20(26)27/h1-8,15H,9-13H2,(H2,22,25)(H,23,28)(H,26,27). The highest BCUT2D eigenvalue weighted by Gasteiger charge is 2.26. The molecule has 1 saturated heterocycles. The van der Waals surface area contributed by atoms with Crippen molar-refractivity contribution in [3.63, 3.8) is 0 Å². The zero-order chi connectivity index (χ0) is 20.1. The quantitative estimate of drug-likeness (QED) is 0.739. The van der Waals surface area contributed by atoms with Crippen LogP contribution < -0.4 is 11.1 Å². The van der Waals surface area contributed by atoms with Gasteiger partial charge in [-0.25, -0.2) is 9.59 Å². The van der Waals surface area contributed by atoms with Gasteiger partial charge < -0.3 is 21.1 Å². The van der Waals surface area contributed by atoms with Crippen LogP contribution in [-0.2, 0) is 6.54 Å². The normalized spacial score (nSPS) is 14.5. The van der Waals surface area contributed by atoms with Gasteiger partial charge in [-0.2, -0.15) is 0 Å². The molecule has 0 spiro atoms. The number of benzene rings is 2. The molecule has 4 N–H and O–H groups in total. The van der Waals surface area contributed by atoms with Crippen molar-refractivity contribution in [3.05, 3.63) is 70.8 Å². The number of nitrogens with one attached hydrogen (secondary N) is 1. The number of aromatic carboxylic acids is 1. The predicted molar refractivity (Wildman–Crippen MR) is 104 cm³/mol. The van der Waals surface area contributed by atoms with Crippen LogP contribution in [0.1, 0.15) is 50.6 Å². The van der Waals surface area contributed by atoms with E-state index in [0.29, 0.717) is 30.8 Å².